The van der Waals surface area contributed by atoms with Crippen LogP contribution in [0.4, 0.5) is 15.8 Å². The first-order valence-corrected chi connectivity index (χ1v) is 6.82. The van der Waals surface area contributed by atoms with E-state index < -0.39 is 16.4 Å². The minimum Gasteiger partial charge on any atom is -0.325 e. The fourth-order valence-corrected chi connectivity index (χ4v) is 2.22. The molecule has 2 aromatic carbocycles. The van der Waals surface area contributed by atoms with Crippen LogP contribution in [0.3, 0.4) is 0 Å². The van der Waals surface area contributed by atoms with Crippen molar-refractivity contribution < 1.29 is 14.1 Å². The minimum absolute atomic E-state index is 0.201. The maximum atomic E-state index is 13.3. The van der Waals surface area contributed by atoms with Crippen molar-refractivity contribution >= 4 is 17.3 Å². The monoisotopic (exact) mass is 302 g/mol. The van der Waals surface area contributed by atoms with Gasteiger partial charge in [-0.05, 0) is 24.1 Å². The number of rotatable bonds is 5. The molecule has 0 aromatic heterocycles. The van der Waals surface area contributed by atoms with Crippen molar-refractivity contribution in [3.8, 4) is 0 Å². The highest BCUT2D eigenvalue weighted by atomic mass is 19.1. The number of nitro groups is 1. The largest absolute Gasteiger partial charge is 0.325 e. The number of amides is 1. The molecule has 6 heteroatoms. The van der Waals surface area contributed by atoms with E-state index in [1.54, 1.807) is 0 Å². The lowest BCUT2D eigenvalue weighted by Gasteiger charge is -2.15. The lowest BCUT2D eigenvalue weighted by molar-refractivity contribution is -0.387. The molecule has 0 aliphatic heterocycles. The van der Waals surface area contributed by atoms with Crippen LogP contribution in [-0.2, 0) is 4.79 Å². The third kappa shape index (κ3) is 3.46. The number of halogens is 1. The molecule has 1 N–H and O–H groups in total. The predicted molar refractivity (Wildman–Crippen MR) is 81.2 cm³/mol. The maximum Gasteiger partial charge on any atom is 0.306 e. The number of carbonyl (C=O) groups is 1. The molecular weight excluding hydrogens is 287 g/mol. The van der Waals surface area contributed by atoms with Crippen molar-refractivity contribution in [3.63, 3.8) is 0 Å². The summed E-state index contributed by atoms with van der Waals surface area (Å²) < 4.78 is 13.3. The highest BCUT2D eigenvalue weighted by Gasteiger charge is 2.20. The molecule has 0 aliphatic rings. The normalized spacial score (nSPS) is 11.7. The number of benzene rings is 2. The summed E-state index contributed by atoms with van der Waals surface area (Å²) in [6.45, 7) is 1.88. The molecule has 0 saturated heterocycles. The van der Waals surface area contributed by atoms with Crippen molar-refractivity contribution in [1.29, 1.82) is 0 Å². The van der Waals surface area contributed by atoms with Crippen LogP contribution in [0.5, 0.6) is 0 Å². The van der Waals surface area contributed by atoms with Crippen molar-refractivity contribution in [2.24, 2.45) is 0 Å². The molecule has 0 radical (unpaired) electrons. The lowest BCUT2D eigenvalue weighted by Crippen LogP contribution is -2.20. The zero-order valence-corrected chi connectivity index (χ0v) is 12.0. The number of hydrogen-bond donors (Lipinski definition) is 1. The molecule has 0 unspecified atom stereocenters. The van der Waals surface area contributed by atoms with Crippen LogP contribution in [0.2, 0.25) is 0 Å². The van der Waals surface area contributed by atoms with E-state index in [0.29, 0.717) is 6.42 Å². The first kappa shape index (κ1) is 15.6. The number of nitrogens with zero attached hydrogens (tertiary/aromatic N) is 1. The van der Waals surface area contributed by atoms with Crippen molar-refractivity contribution in [1.82, 2.24) is 0 Å². The van der Waals surface area contributed by atoms with Gasteiger partial charge >= 0.3 is 5.69 Å². The van der Waals surface area contributed by atoms with Gasteiger partial charge in [0, 0.05) is 11.8 Å². The average Bonchev–Trinajstić information content (AvgIpc) is 2.51. The van der Waals surface area contributed by atoms with Crippen LogP contribution in [0.25, 0.3) is 0 Å². The van der Waals surface area contributed by atoms with E-state index in [4.69, 9.17) is 0 Å². The molecule has 2 rings (SSSR count). The number of hydrogen-bond acceptors (Lipinski definition) is 3. The smallest absolute Gasteiger partial charge is 0.306 e. The Hall–Kier alpha value is -2.76. The molecule has 0 heterocycles. The Morgan fingerprint density at radius 3 is 2.55 bits per heavy atom. The van der Waals surface area contributed by atoms with Gasteiger partial charge < -0.3 is 5.32 Å². The third-order valence-corrected chi connectivity index (χ3v) is 3.34. The topological polar surface area (TPSA) is 72.2 Å². The molecule has 0 spiro atoms. The molecule has 0 bridgehead atoms. The second-order valence-corrected chi connectivity index (χ2v) is 4.78. The predicted octanol–water partition coefficient (Wildman–Crippen LogP) is 3.87. The third-order valence-electron chi connectivity index (χ3n) is 3.34. The molecule has 2 aromatic rings. The van der Waals surface area contributed by atoms with E-state index in [9.17, 15) is 19.3 Å². The summed E-state index contributed by atoms with van der Waals surface area (Å²) in [5.74, 6) is -1.59. The second-order valence-electron chi connectivity index (χ2n) is 4.78. The molecule has 1 amide bonds. The van der Waals surface area contributed by atoms with Crippen LogP contribution in [-0.4, -0.2) is 10.8 Å². The van der Waals surface area contributed by atoms with Gasteiger partial charge in [0.2, 0.25) is 11.7 Å². The molecule has 1 atom stereocenters. The standard InChI is InChI=1S/C16H15FN2O3/c1-2-13(11-6-4-3-5-7-11)16(20)18-12-8-9-14(17)15(10-12)19(21)22/h3-10,13H,2H2,1H3,(H,18,20)/t13-/m0/s1. The Bertz CT molecular complexity index is 689. The molecule has 22 heavy (non-hydrogen) atoms. The zero-order chi connectivity index (χ0) is 16.1. The van der Waals surface area contributed by atoms with Gasteiger partial charge in [0.1, 0.15) is 0 Å². The zero-order valence-electron chi connectivity index (χ0n) is 12.0. The number of carbonyl (C=O) groups excluding carboxylic acids is 1. The summed E-state index contributed by atoms with van der Waals surface area (Å²) in [4.78, 5) is 22.2. The number of anilines is 1. The Balaban J connectivity index is 2.21. The van der Waals surface area contributed by atoms with Gasteiger partial charge in [-0.3, -0.25) is 14.9 Å². The first-order valence-electron chi connectivity index (χ1n) is 6.82. The van der Waals surface area contributed by atoms with Crippen LogP contribution in [0.1, 0.15) is 24.8 Å². The Kier molecular flexibility index (Phi) is 4.83. The molecular formula is C16H15FN2O3. The van der Waals surface area contributed by atoms with Crippen LogP contribution in [0, 0.1) is 15.9 Å². The van der Waals surface area contributed by atoms with Gasteiger partial charge in [-0.1, -0.05) is 37.3 Å². The van der Waals surface area contributed by atoms with Crippen molar-refractivity contribution in [2.75, 3.05) is 5.32 Å². The number of nitrogens with one attached hydrogen (secondary N) is 1. The summed E-state index contributed by atoms with van der Waals surface area (Å²) in [5.41, 5.74) is 0.400. The maximum absolute atomic E-state index is 13.3. The van der Waals surface area contributed by atoms with Gasteiger partial charge in [0.15, 0.2) is 0 Å². The highest BCUT2D eigenvalue weighted by Crippen LogP contribution is 2.25. The van der Waals surface area contributed by atoms with E-state index in [1.165, 1.54) is 6.07 Å². The van der Waals surface area contributed by atoms with Crippen LogP contribution >= 0.6 is 0 Å². The Morgan fingerprint density at radius 1 is 1.27 bits per heavy atom. The Labute approximate surface area is 126 Å². The SMILES string of the molecule is CC[C@H](C(=O)Nc1ccc(F)c([N+](=O)[O-])c1)c1ccccc1. The van der Waals surface area contributed by atoms with Gasteiger partial charge in [-0.25, -0.2) is 0 Å². The molecule has 0 fully saturated rings. The van der Waals surface area contributed by atoms with Gasteiger partial charge in [0.05, 0.1) is 10.8 Å². The highest BCUT2D eigenvalue weighted by molar-refractivity contribution is 5.96. The average molecular weight is 302 g/mol. The second kappa shape index (κ2) is 6.80. The lowest BCUT2D eigenvalue weighted by atomic mass is 9.95. The number of nitro benzene ring substituents is 1. The van der Waals surface area contributed by atoms with Crippen molar-refractivity contribution in [3.05, 3.63) is 70.0 Å². The fourth-order valence-electron chi connectivity index (χ4n) is 2.22. The van der Waals surface area contributed by atoms with E-state index in [2.05, 4.69) is 5.32 Å². The van der Waals surface area contributed by atoms with Crippen LogP contribution < -0.4 is 5.32 Å². The molecule has 0 aliphatic carbocycles. The Morgan fingerprint density at radius 2 is 1.95 bits per heavy atom. The van der Waals surface area contributed by atoms with Crippen LogP contribution in [0.15, 0.2) is 48.5 Å². The quantitative estimate of drug-likeness (QED) is 0.673. The molecule has 5 nitrogen and oxygen atoms in total. The van der Waals surface area contributed by atoms with E-state index >= 15 is 0 Å². The molecule has 0 saturated carbocycles. The summed E-state index contributed by atoms with van der Waals surface area (Å²) in [6.07, 6.45) is 0.582. The van der Waals surface area contributed by atoms with Gasteiger partial charge in [-0.15, -0.1) is 0 Å². The van der Waals surface area contributed by atoms with Crippen molar-refractivity contribution in [2.45, 2.75) is 19.3 Å². The van der Waals surface area contributed by atoms with E-state index in [1.807, 2.05) is 37.3 Å². The summed E-state index contributed by atoms with van der Waals surface area (Å²) in [5, 5.41) is 13.3. The summed E-state index contributed by atoms with van der Waals surface area (Å²) in [7, 11) is 0. The summed E-state index contributed by atoms with van der Waals surface area (Å²) >= 11 is 0. The van der Waals surface area contributed by atoms with Gasteiger partial charge in [-0.2, -0.15) is 4.39 Å². The minimum atomic E-state index is -0.932. The van der Waals surface area contributed by atoms with Gasteiger partial charge in [0.25, 0.3) is 0 Å². The van der Waals surface area contributed by atoms with E-state index in [-0.39, 0.29) is 17.5 Å². The van der Waals surface area contributed by atoms with E-state index in [0.717, 1.165) is 17.7 Å². The molecule has 114 valence electrons. The fraction of sp³-hybridized carbons (Fsp3) is 0.188. The summed E-state index contributed by atoms with van der Waals surface area (Å²) in [6, 6.07) is 12.5. The first-order chi connectivity index (χ1) is 10.5.